The van der Waals surface area contributed by atoms with Crippen molar-refractivity contribution in [3.8, 4) is 28.0 Å². The summed E-state index contributed by atoms with van der Waals surface area (Å²) in [6, 6.07) is 30.4. The number of hydrogen-bond acceptors (Lipinski definition) is 1. The summed E-state index contributed by atoms with van der Waals surface area (Å²) in [7, 11) is -1.38. The van der Waals surface area contributed by atoms with Gasteiger partial charge in [-0.25, -0.2) is 0 Å². The van der Waals surface area contributed by atoms with Gasteiger partial charge in [-0.1, -0.05) is 115 Å². The molecule has 33 heavy (non-hydrogen) atoms. The van der Waals surface area contributed by atoms with Crippen LogP contribution in [0.15, 0.2) is 84.9 Å². The highest BCUT2D eigenvalue weighted by Crippen LogP contribution is 2.45. The summed E-state index contributed by atoms with van der Waals surface area (Å²) in [6.45, 7) is 11.4. The average Bonchev–Trinajstić information content (AvgIpc) is 2.78. The molecule has 1 nitrogen and oxygen atoms in total. The van der Waals surface area contributed by atoms with Crippen LogP contribution in [0.5, 0.6) is 5.75 Å². The van der Waals surface area contributed by atoms with Gasteiger partial charge in [0, 0.05) is 11.1 Å². The van der Waals surface area contributed by atoms with Gasteiger partial charge in [-0.2, -0.15) is 0 Å². The second-order valence-corrected chi connectivity index (χ2v) is 15.3. The largest absolute Gasteiger partial charge is 0.507 e. The molecular formula is C31H30OSi. The Morgan fingerprint density at radius 2 is 1.12 bits per heavy atom. The van der Waals surface area contributed by atoms with Gasteiger partial charge in [0.25, 0.3) is 0 Å². The van der Waals surface area contributed by atoms with Gasteiger partial charge in [-0.3, -0.25) is 0 Å². The van der Waals surface area contributed by atoms with Crippen LogP contribution >= 0.6 is 0 Å². The van der Waals surface area contributed by atoms with E-state index in [4.69, 9.17) is 0 Å². The Bertz CT molecular complexity index is 1510. The van der Waals surface area contributed by atoms with Gasteiger partial charge in [0.1, 0.15) is 5.75 Å². The molecule has 0 radical (unpaired) electrons. The molecular weight excluding hydrogens is 416 g/mol. The number of phenols is 1. The predicted octanol–water partition coefficient (Wildman–Crippen LogP) is 8.19. The summed E-state index contributed by atoms with van der Waals surface area (Å²) in [5, 5.41) is 17.2. The van der Waals surface area contributed by atoms with E-state index in [1.54, 1.807) is 0 Å². The van der Waals surface area contributed by atoms with Crippen LogP contribution < -0.4 is 5.19 Å². The lowest BCUT2D eigenvalue weighted by Crippen LogP contribution is -2.37. The van der Waals surface area contributed by atoms with E-state index < -0.39 is 8.07 Å². The van der Waals surface area contributed by atoms with Crippen LogP contribution in [0.1, 0.15) is 11.1 Å². The molecule has 164 valence electrons. The van der Waals surface area contributed by atoms with Crippen molar-refractivity contribution in [1.82, 2.24) is 0 Å². The van der Waals surface area contributed by atoms with Gasteiger partial charge in [0.15, 0.2) is 0 Å². The lowest BCUT2D eigenvalue weighted by Gasteiger charge is -2.20. The molecule has 0 aliphatic rings. The molecule has 0 unspecified atom stereocenters. The number of aryl methyl sites for hydroxylation is 2. The monoisotopic (exact) mass is 446 g/mol. The van der Waals surface area contributed by atoms with E-state index in [1.165, 1.54) is 27.3 Å². The van der Waals surface area contributed by atoms with Crippen LogP contribution in [-0.4, -0.2) is 13.2 Å². The van der Waals surface area contributed by atoms with E-state index in [1.807, 2.05) is 12.1 Å². The second kappa shape index (κ2) is 7.89. The summed E-state index contributed by atoms with van der Waals surface area (Å²) >= 11 is 0. The van der Waals surface area contributed by atoms with Crippen molar-refractivity contribution >= 4 is 34.8 Å². The fourth-order valence-corrected chi connectivity index (χ4v) is 5.98. The lowest BCUT2D eigenvalue weighted by atomic mass is 9.86. The molecule has 0 saturated carbocycles. The first-order valence-corrected chi connectivity index (χ1v) is 15.1. The summed E-state index contributed by atoms with van der Waals surface area (Å²) in [4.78, 5) is 0. The highest BCUT2D eigenvalue weighted by atomic mass is 28.3. The molecule has 5 aromatic carbocycles. The summed E-state index contributed by atoms with van der Waals surface area (Å²) in [5.41, 5.74) is 6.79. The van der Waals surface area contributed by atoms with Crippen LogP contribution in [0.25, 0.3) is 43.8 Å². The topological polar surface area (TPSA) is 20.2 Å². The number of benzene rings is 5. The van der Waals surface area contributed by atoms with Gasteiger partial charge in [0.2, 0.25) is 0 Å². The third-order valence-electron chi connectivity index (χ3n) is 6.64. The minimum atomic E-state index is -1.38. The fraction of sp³-hybridized carbons (Fsp3) is 0.161. The normalized spacial score (nSPS) is 11.9. The van der Waals surface area contributed by atoms with Crippen LogP contribution in [0.4, 0.5) is 0 Å². The van der Waals surface area contributed by atoms with Crippen molar-refractivity contribution in [2.24, 2.45) is 0 Å². The zero-order chi connectivity index (χ0) is 23.3. The number of fused-ring (bicyclic) bond motifs is 2. The minimum absolute atomic E-state index is 0.319. The maximum atomic E-state index is 11.2. The number of aromatic hydroxyl groups is 1. The molecule has 0 bridgehead atoms. The molecule has 0 atom stereocenters. The highest BCUT2D eigenvalue weighted by molar-refractivity contribution is 6.88. The quantitative estimate of drug-likeness (QED) is 0.277. The first kappa shape index (κ1) is 21.5. The number of phenolic OH excluding ortho intramolecular Hbond substituents is 1. The summed E-state index contributed by atoms with van der Waals surface area (Å²) in [6.07, 6.45) is 0. The molecule has 1 N–H and O–H groups in total. The lowest BCUT2D eigenvalue weighted by molar-refractivity contribution is 0.478. The van der Waals surface area contributed by atoms with Crippen LogP contribution in [-0.2, 0) is 0 Å². The van der Waals surface area contributed by atoms with Crippen molar-refractivity contribution < 1.29 is 5.11 Å². The smallest absolute Gasteiger partial charge is 0.124 e. The Morgan fingerprint density at radius 1 is 0.576 bits per heavy atom. The van der Waals surface area contributed by atoms with Crippen LogP contribution in [0.3, 0.4) is 0 Å². The average molecular weight is 447 g/mol. The summed E-state index contributed by atoms with van der Waals surface area (Å²) in [5.74, 6) is 0.319. The molecule has 0 aliphatic carbocycles. The van der Waals surface area contributed by atoms with Gasteiger partial charge in [-0.15, -0.1) is 0 Å². The van der Waals surface area contributed by atoms with E-state index in [2.05, 4.69) is 106 Å². The summed E-state index contributed by atoms with van der Waals surface area (Å²) < 4.78 is 0. The molecule has 0 heterocycles. The minimum Gasteiger partial charge on any atom is -0.507 e. The highest BCUT2D eigenvalue weighted by Gasteiger charge is 2.20. The van der Waals surface area contributed by atoms with Crippen LogP contribution in [0, 0.1) is 13.8 Å². The molecule has 0 aromatic heterocycles. The second-order valence-electron chi connectivity index (χ2n) is 10.2. The Labute approximate surface area is 197 Å². The number of rotatable bonds is 3. The maximum absolute atomic E-state index is 11.2. The van der Waals surface area contributed by atoms with Crippen molar-refractivity contribution in [1.29, 1.82) is 0 Å². The Hall–Kier alpha value is -3.36. The zero-order valence-electron chi connectivity index (χ0n) is 20.0. The number of hydrogen-bond donors (Lipinski definition) is 1. The fourth-order valence-electron chi connectivity index (χ4n) is 4.81. The predicted molar refractivity (Wildman–Crippen MR) is 146 cm³/mol. The van der Waals surface area contributed by atoms with Crippen molar-refractivity contribution in [2.75, 3.05) is 0 Å². The molecule has 0 amide bonds. The van der Waals surface area contributed by atoms with Crippen molar-refractivity contribution in [3.05, 3.63) is 96.1 Å². The Morgan fingerprint density at radius 3 is 1.70 bits per heavy atom. The molecule has 0 saturated heterocycles. The van der Waals surface area contributed by atoms with Gasteiger partial charge < -0.3 is 5.11 Å². The van der Waals surface area contributed by atoms with E-state index in [0.29, 0.717) is 5.75 Å². The van der Waals surface area contributed by atoms with Crippen molar-refractivity contribution in [3.63, 3.8) is 0 Å². The Balaban J connectivity index is 1.87. The van der Waals surface area contributed by atoms with Crippen LogP contribution in [0.2, 0.25) is 19.6 Å². The SMILES string of the molecule is Cc1ccc2c(-c3c(-c4ccc([Si](C)(C)C)cc4)ccc4cc(C)ccc34)c(O)ccc2c1. The van der Waals surface area contributed by atoms with E-state index in [9.17, 15) is 5.11 Å². The van der Waals surface area contributed by atoms with Gasteiger partial charge in [-0.05, 0) is 52.6 Å². The molecule has 0 spiro atoms. The molecule has 5 rings (SSSR count). The van der Waals surface area contributed by atoms with E-state index >= 15 is 0 Å². The van der Waals surface area contributed by atoms with Gasteiger partial charge >= 0.3 is 0 Å². The molecule has 5 aromatic rings. The Kier molecular flexibility index (Phi) is 5.14. The van der Waals surface area contributed by atoms with Crippen molar-refractivity contribution in [2.45, 2.75) is 33.5 Å². The third-order valence-corrected chi connectivity index (χ3v) is 8.71. The molecule has 0 aliphatic heterocycles. The standard InChI is InChI=1S/C31H30OSi/c1-20-6-14-27-23(18-20)10-16-26(22-8-12-25(13-9-22)33(3,4)5)30(27)31-28-15-7-21(2)19-24(28)11-17-29(31)32/h6-19,32H,1-5H3. The molecule has 0 fully saturated rings. The zero-order valence-corrected chi connectivity index (χ0v) is 21.0. The third kappa shape index (κ3) is 3.85. The maximum Gasteiger partial charge on any atom is 0.124 e. The molecule has 2 heteroatoms. The first-order chi connectivity index (χ1) is 15.7. The van der Waals surface area contributed by atoms with E-state index in [-0.39, 0.29) is 0 Å². The first-order valence-electron chi connectivity index (χ1n) is 11.6. The van der Waals surface area contributed by atoms with E-state index in [0.717, 1.165) is 32.8 Å². The van der Waals surface area contributed by atoms with Gasteiger partial charge in [0.05, 0.1) is 8.07 Å².